The first kappa shape index (κ1) is 18.0. The average molecular weight is 397 g/mol. The Balaban J connectivity index is 1.38. The fraction of sp³-hybridized carbons (Fsp3) is 0.190. The van der Waals surface area contributed by atoms with E-state index in [-0.39, 0.29) is 0 Å². The summed E-state index contributed by atoms with van der Waals surface area (Å²) in [5.74, 6) is 0.856. The largest absolute Gasteiger partial charge is 0.346 e. The lowest BCUT2D eigenvalue weighted by Gasteiger charge is -2.05. The Kier molecular flexibility index (Phi) is 5.37. The minimum Gasteiger partial charge on any atom is -0.346 e. The van der Waals surface area contributed by atoms with Gasteiger partial charge in [0.1, 0.15) is 11.5 Å². The number of aryl methyl sites for hydroxylation is 2. The molecule has 0 unspecified atom stereocenters. The zero-order chi connectivity index (χ0) is 18.6. The molecule has 0 bridgehead atoms. The number of pyridine rings is 1. The van der Waals surface area contributed by atoms with Crippen molar-refractivity contribution in [2.24, 2.45) is 0 Å². The molecule has 0 atom stereocenters. The zero-order valence-electron chi connectivity index (χ0n) is 14.6. The second kappa shape index (κ2) is 8.07. The van der Waals surface area contributed by atoms with Crippen LogP contribution in [0.1, 0.15) is 28.9 Å². The number of nitrogens with zero attached hydrogens (tertiary/aromatic N) is 3. The Labute approximate surface area is 167 Å². The number of benzene rings is 1. The summed E-state index contributed by atoms with van der Waals surface area (Å²) in [5, 5.41) is 2.49. The third kappa shape index (κ3) is 4.29. The van der Waals surface area contributed by atoms with E-state index in [1.807, 2.05) is 42.9 Å². The molecule has 136 valence electrons. The molecule has 0 radical (unpaired) electrons. The molecule has 0 aliphatic carbocycles. The van der Waals surface area contributed by atoms with Gasteiger partial charge in [0.2, 0.25) is 0 Å². The van der Waals surface area contributed by atoms with Gasteiger partial charge < -0.3 is 4.98 Å². The molecule has 0 spiro atoms. The van der Waals surface area contributed by atoms with Crippen LogP contribution in [0.15, 0.2) is 55.1 Å². The molecule has 4 rings (SSSR count). The summed E-state index contributed by atoms with van der Waals surface area (Å²) in [4.78, 5) is 16.5. The third-order valence-electron chi connectivity index (χ3n) is 4.54. The van der Waals surface area contributed by atoms with Gasteiger partial charge in [0.15, 0.2) is 0 Å². The van der Waals surface area contributed by atoms with Crippen LogP contribution in [0.2, 0.25) is 10.0 Å². The van der Waals surface area contributed by atoms with Gasteiger partial charge in [-0.1, -0.05) is 41.4 Å². The van der Waals surface area contributed by atoms with E-state index in [9.17, 15) is 0 Å². The number of rotatable bonds is 6. The van der Waals surface area contributed by atoms with Gasteiger partial charge in [-0.2, -0.15) is 0 Å². The topological polar surface area (TPSA) is 54.5 Å². The molecule has 3 heterocycles. The van der Waals surface area contributed by atoms with E-state index in [4.69, 9.17) is 23.2 Å². The number of hydrogen-bond acceptors (Lipinski definition) is 3. The third-order valence-corrected chi connectivity index (χ3v) is 5.12. The van der Waals surface area contributed by atoms with Crippen LogP contribution in [-0.4, -0.2) is 19.9 Å². The van der Waals surface area contributed by atoms with Crippen molar-refractivity contribution in [2.45, 2.75) is 25.7 Å². The summed E-state index contributed by atoms with van der Waals surface area (Å²) in [6.45, 7) is 0. The molecule has 0 saturated heterocycles. The minimum atomic E-state index is 0.633. The monoisotopic (exact) mass is 396 g/mol. The van der Waals surface area contributed by atoms with E-state index < -0.39 is 0 Å². The Bertz CT molecular complexity index is 1060. The highest BCUT2D eigenvalue weighted by molar-refractivity contribution is 6.31. The van der Waals surface area contributed by atoms with Crippen molar-refractivity contribution in [3.8, 4) is 0 Å². The summed E-state index contributed by atoms with van der Waals surface area (Å²) in [6, 6.07) is 9.88. The highest BCUT2D eigenvalue weighted by Crippen LogP contribution is 2.22. The normalized spacial score (nSPS) is 11.2. The number of H-pyrrole nitrogens is 1. The molecule has 0 fully saturated rings. The molecule has 0 amide bonds. The SMILES string of the molecule is Clc1cnc2[nH]cc(Cc3cnc(CCCc4ccccc4Cl)nc3)c2c1. The van der Waals surface area contributed by atoms with Gasteiger partial charge >= 0.3 is 0 Å². The maximum atomic E-state index is 6.20. The first-order valence-corrected chi connectivity index (χ1v) is 9.59. The molecular formula is C21H18Cl2N4. The predicted octanol–water partition coefficient (Wildman–Crippen LogP) is 5.43. The molecule has 1 aromatic carbocycles. The first-order chi connectivity index (χ1) is 13.2. The molecule has 4 nitrogen and oxygen atoms in total. The number of aromatic nitrogens is 4. The smallest absolute Gasteiger partial charge is 0.137 e. The van der Waals surface area contributed by atoms with Crippen molar-refractivity contribution < 1.29 is 0 Å². The summed E-state index contributed by atoms with van der Waals surface area (Å²) in [7, 11) is 0. The molecule has 0 aliphatic rings. The van der Waals surface area contributed by atoms with Crippen LogP contribution in [-0.2, 0) is 19.3 Å². The van der Waals surface area contributed by atoms with Crippen LogP contribution >= 0.6 is 23.2 Å². The molecule has 0 aliphatic heterocycles. The first-order valence-electron chi connectivity index (χ1n) is 8.84. The van der Waals surface area contributed by atoms with Crippen LogP contribution in [0.5, 0.6) is 0 Å². The van der Waals surface area contributed by atoms with E-state index in [0.29, 0.717) is 5.02 Å². The summed E-state index contributed by atoms with van der Waals surface area (Å²) < 4.78 is 0. The fourth-order valence-electron chi connectivity index (χ4n) is 3.14. The number of hydrogen-bond donors (Lipinski definition) is 1. The van der Waals surface area contributed by atoms with Crippen LogP contribution in [0.25, 0.3) is 11.0 Å². The van der Waals surface area contributed by atoms with E-state index >= 15 is 0 Å². The van der Waals surface area contributed by atoms with E-state index in [0.717, 1.165) is 58.7 Å². The van der Waals surface area contributed by atoms with E-state index in [2.05, 4.69) is 26.0 Å². The van der Waals surface area contributed by atoms with Gasteiger partial charge in [0.25, 0.3) is 0 Å². The number of aromatic amines is 1. The summed E-state index contributed by atoms with van der Waals surface area (Å²) in [5.41, 5.74) is 4.20. The minimum absolute atomic E-state index is 0.633. The van der Waals surface area contributed by atoms with Gasteiger partial charge in [-0.3, -0.25) is 0 Å². The zero-order valence-corrected chi connectivity index (χ0v) is 16.1. The Hall–Kier alpha value is -2.43. The highest BCUT2D eigenvalue weighted by Gasteiger charge is 2.08. The summed E-state index contributed by atoms with van der Waals surface area (Å²) >= 11 is 12.3. The van der Waals surface area contributed by atoms with Gasteiger partial charge in [-0.15, -0.1) is 0 Å². The molecule has 4 aromatic rings. The van der Waals surface area contributed by atoms with Gasteiger partial charge in [-0.05, 0) is 41.7 Å². The van der Waals surface area contributed by atoms with Crippen LogP contribution in [0.3, 0.4) is 0 Å². The van der Waals surface area contributed by atoms with E-state index in [1.54, 1.807) is 6.20 Å². The standard InChI is InChI=1S/C21H18Cl2N4/c22-17-9-18-16(12-26-21(18)27-13-17)8-14-10-24-20(25-11-14)7-3-5-15-4-1-2-6-19(15)23/h1-2,4,6,9-13H,3,5,7-8H2,(H,26,27). The van der Waals surface area contributed by atoms with Crippen LogP contribution < -0.4 is 0 Å². The van der Waals surface area contributed by atoms with Crippen molar-refractivity contribution in [2.75, 3.05) is 0 Å². The van der Waals surface area contributed by atoms with Crippen molar-refractivity contribution in [3.63, 3.8) is 0 Å². The van der Waals surface area contributed by atoms with Crippen molar-refractivity contribution in [1.29, 1.82) is 0 Å². The predicted molar refractivity (Wildman–Crippen MR) is 109 cm³/mol. The maximum Gasteiger partial charge on any atom is 0.137 e. The van der Waals surface area contributed by atoms with Crippen molar-refractivity contribution in [1.82, 2.24) is 19.9 Å². The number of halogens is 2. The highest BCUT2D eigenvalue weighted by atomic mass is 35.5. The lowest BCUT2D eigenvalue weighted by molar-refractivity contribution is 0.767. The average Bonchev–Trinajstić information content (AvgIpc) is 3.07. The summed E-state index contributed by atoms with van der Waals surface area (Å²) in [6.07, 6.45) is 10.9. The Morgan fingerprint density at radius 1 is 0.889 bits per heavy atom. The Morgan fingerprint density at radius 3 is 2.52 bits per heavy atom. The molecule has 1 N–H and O–H groups in total. The number of fused-ring (bicyclic) bond motifs is 1. The quantitative estimate of drug-likeness (QED) is 0.472. The lowest BCUT2D eigenvalue weighted by Crippen LogP contribution is -1.99. The van der Waals surface area contributed by atoms with Crippen LogP contribution in [0, 0.1) is 0 Å². The second-order valence-corrected chi connectivity index (χ2v) is 7.34. The lowest BCUT2D eigenvalue weighted by atomic mass is 10.1. The molecule has 3 aromatic heterocycles. The molecular weight excluding hydrogens is 379 g/mol. The second-order valence-electron chi connectivity index (χ2n) is 6.49. The van der Waals surface area contributed by atoms with Crippen molar-refractivity contribution >= 4 is 34.2 Å². The maximum absolute atomic E-state index is 6.20. The Morgan fingerprint density at radius 2 is 1.70 bits per heavy atom. The molecule has 0 saturated carbocycles. The molecule has 6 heteroatoms. The molecule has 27 heavy (non-hydrogen) atoms. The van der Waals surface area contributed by atoms with Crippen LogP contribution in [0.4, 0.5) is 0 Å². The van der Waals surface area contributed by atoms with E-state index in [1.165, 1.54) is 5.56 Å². The fourth-order valence-corrected chi connectivity index (χ4v) is 3.53. The van der Waals surface area contributed by atoms with Gasteiger partial charge in [-0.25, -0.2) is 15.0 Å². The van der Waals surface area contributed by atoms with Crippen molar-refractivity contribution in [3.05, 3.63) is 87.7 Å². The van der Waals surface area contributed by atoms with Gasteiger partial charge in [0, 0.05) is 48.0 Å². The number of nitrogens with one attached hydrogen (secondary N) is 1. The van der Waals surface area contributed by atoms with Gasteiger partial charge in [0.05, 0.1) is 5.02 Å².